The third-order valence-corrected chi connectivity index (χ3v) is 5.90. The van der Waals surface area contributed by atoms with E-state index in [4.69, 9.17) is 0 Å². The van der Waals surface area contributed by atoms with Gasteiger partial charge < -0.3 is 20.9 Å². The molecule has 6 nitrogen and oxygen atoms in total. The molecule has 3 aromatic carbocycles. The van der Waals surface area contributed by atoms with Gasteiger partial charge in [0, 0.05) is 35.9 Å². The zero-order valence-corrected chi connectivity index (χ0v) is 17.4. The normalized spacial score (nSPS) is 15.7. The molecule has 3 N–H and O–H groups in total. The van der Waals surface area contributed by atoms with Crippen LogP contribution in [-0.4, -0.2) is 31.1 Å². The fourth-order valence-corrected chi connectivity index (χ4v) is 4.14. The lowest BCUT2D eigenvalue weighted by atomic mass is 10.1. The molecule has 31 heavy (non-hydrogen) atoms. The van der Waals surface area contributed by atoms with Gasteiger partial charge in [-0.05, 0) is 55.3 Å². The molecule has 0 radical (unpaired) electrons. The highest BCUT2D eigenvalue weighted by molar-refractivity contribution is 6.07. The van der Waals surface area contributed by atoms with Crippen molar-refractivity contribution in [3.8, 4) is 0 Å². The quantitative estimate of drug-likeness (QED) is 0.551. The number of urea groups is 1. The number of benzene rings is 3. The van der Waals surface area contributed by atoms with E-state index in [2.05, 4.69) is 20.9 Å². The Morgan fingerprint density at radius 1 is 0.871 bits per heavy atom. The molecule has 3 aromatic rings. The van der Waals surface area contributed by atoms with E-state index >= 15 is 0 Å². The second kappa shape index (κ2) is 8.30. The number of fused-ring (bicyclic) bond motifs is 1. The Balaban J connectivity index is 1.36. The summed E-state index contributed by atoms with van der Waals surface area (Å²) in [7, 11) is 0. The fourth-order valence-electron chi connectivity index (χ4n) is 4.14. The van der Waals surface area contributed by atoms with E-state index < -0.39 is 0 Å². The van der Waals surface area contributed by atoms with Gasteiger partial charge in [0.2, 0.25) is 0 Å². The number of nitrogens with zero attached hydrogens (tertiary/aromatic N) is 1. The second-order valence-corrected chi connectivity index (χ2v) is 8.28. The van der Waals surface area contributed by atoms with Crippen molar-refractivity contribution < 1.29 is 9.59 Å². The molecule has 6 heteroatoms. The fraction of sp³-hybridized carbons (Fsp3) is 0.280. The van der Waals surface area contributed by atoms with Gasteiger partial charge >= 0.3 is 6.03 Å². The van der Waals surface area contributed by atoms with Crippen LogP contribution < -0.4 is 20.9 Å². The second-order valence-electron chi connectivity index (χ2n) is 8.28. The number of carbonyl (C=O) groups is 2. The number of carbonyl (C=O) groups excluding carboxylic acids is 2. The van der Waals surface area contributed by atoms with Gasteiger partial charge in [-0.15, -0.1) is 0 Å². The van der Waals surface area contributed by atoms with Crippen molar-refractivity contribution in [2.24, 2.45) is 0 Å². The third kappa shape index (κ3) is 4.33. The van der Waals surface area contributed by atoms with E-state index in [-0.39, 0.29) is 18.0 Å². The third-order valence-electron chi connectivity index (χ3n) is 5.90. The summed E-state index contributed by atoms with van der Waals surface area (Å²) in [5.74, 6) is -0.0671. The first-order valence-corrected chi connectivity index (χ1v) is 10.9. The van der Waals surface area contributed by atoms with Gasteiger partial charge in [0.05, 0.1) is 11.3 Å². The molecule has 1 aliphatic carbocycles. The predicted octanol–water partition coefficient (Wildman–Crippen LogP) is 4.98. The monoisotopic (exact) mass is 414 g/mol. The minimum atomic E-state index is -0.334. The Bertz CT molecular complexity index is 1130. The Morgan fingerprint density at radius 3 is 2.45 bits per heavy atom. The summed E-state index contributed by atoms with van der Waals surface area (Å²) < 4.78 is 0. The van der Waals surface area contributed by atoms with Gasteiger partial charge in [-0.3, -0.25) is 4.79 Å². The van der Waals surface area contributed by atoms with E-state index in [9.17, 15) is 9.59 Å². The molecule has 0 bridgehead atoms. The highest BCUT2D eigenvalue weighted by Crippen LogP contribution is 2.29. The zero-order valence-electron chi connectivity index (χ0n) is 17.4. The van der Waals surface area contributed by atoms with E-state index in [0.717, 1.165) is 60.9 Å². The first-order chi connectivity index (χ1) is 15.2. The summed E-state index contributed by atoms with van der Waals surface area (Å²) in [5.41, 5.74) is 2.91. The highest BCUT2D eigenvalue weighted by Gasteiger charge is 2.27. The number of anilines is 3. The Morgan fingerprint density at radius 2 is 1.65 bits per heavy atom. The standard InChI is InChI=1S/C25H26N4O2/c30-24(26-18-10-11-18)21-16-19(12-13-23(21)29-14-3-4-15-29)27-25(31)28-22-9-5-7-17-6-1-2-8-20(17)22/h1-2,5-9,12-13,16,18H,3-4,10-11,14-15H2,(H,26,30)(H2,27,28,31). The minimum Gasteiger partial charge on any atom is -0.371 e. The van der Waals surface area contributed by atoms with Gasteiger partial charge in [-0.25, -0.2) is 4.79 Å². The molecule has 0 spiro atoms. The lowest BCUT2D eigenvalue weighted by molar-refractivity contribution is 0.0951. The van der Waals surface area contributed by atoms with Crippen LogP contribution in [0.25, 0.3) is 10.8 Å². The molecule has 0 unspecified atom stereocenters. The van der Waals surface area contributed by atoms with Crippen LogP contribution in [0.1, 0.15) is 36.0 Å². The van der Waals surface area contributed by atoms with Gasteiger partial charge in [0.15, 0.2) is 0 Å². The molecule has 1 heterocycles. The van der Waals surface area contributed by atoms with Gasteiger partial charge in [0.25, 0.3) is 5.91 Å². The Hall–Kier alpha value is -3.54. The van der Waals surface area contributed by atoms with Crippen molar-refractivity contribution in [1.29, 1.82) is 0 Å². The summed E-state index contributed by atoms with van der Waals surface area (Å²) in [6.07, 6.45) is 4.35. The van der Waals surface area contributed by atoms with Gasteiger partial charge in [-0.1, -0.05) is 36.4 Å². The van der Waals surface area contributed by atoms with Crippen LogP contribution in [0, 0.1) is 0 Å². The Labute approximate surface area is 181 Å². The molecule has 2 fully saturated rings. The number of nitrogens with one attached hydrogen (secondary N) is 3. The molecule has 1 saturated carbocycles. The molecular weight excluding hydrogens is 388 g/mol. The van der Waals surface area contributed by atoms with Crippen LogP contribution in [-0.2, 0) is 0 Å². The van der Waals surface area contributed by atoms with E-state index in [1.807, 2.05) is 54.6 Å². The number of hydrogen-bond acceptors (Lipinski definition) is 3. The Kier molecular flexibility index (Phi) is 5.20. The van der Waals surface area contributed by atoms with E-state index in [1.54, 1.807) is 6.07 Å². The number of amides is 3. The van der Waals surface area contributed by atoms with Crippen molar-refractivity contribution in [2.45, 2.75) is 31.7 Å². The first-order valence-electron chi connectivity index (χ1n) is 10.9. The zero-order chi connectivity index (χ0) is 21.2. The smallest absolute Gasteiger partial charge is 0.323 e. The predicted molar refractivity (Wildman–Crippen MR) is 125 cm³/mol. The maximum Gasteiger partial charge on any atom is 0.323 e. The lowest BCUT2D eigenvalue weighted by Crippen LogP contribution is -2.29. The van der Waals surface area contributed by atoms with Crippen molar-refractivity contribution in [3.05, 3.63) is 66.2 Å². The van der Waals surface area contributed by atoms with E-state index in [1.165, 1.54) is 0 Å². The summed E-state index contributed by atoms with van der Waals surface area (Å²) in [6.45, 7) is 1.91. The lowest BCUT2D eigenvalue weighted by Gasteiger charge is -2.22. The molecule has 1 aliphatic heterocycles. The first kappa shape index (κ1) is 19.4. The van der Waals surface area contributed by atoms with Gasteiger partial charge in [-0.2, -0.15) is 0 Å². The molecule has 0 atom stereocenters. The van der Waals surface area contributed by atoms with Crippen LogP contribution in [0.5, 0.6) is 0 Å². The van der Waals surface area contributed by atoms with Crippen molar-refractivity contribution in [2.75, 3.05) is 28.6 Å². The van der Waals surface area contributed by atoms with Crippen molar-refractivity contribution in [1.82, 2.24) is 5.32 Å². The van der Waals surface area contributed by atoms with Gasteiger partial charge in [0.1, 0.15) is 0 Å². The van der Waals surface area contributed by atoms with Crippen LogP contribution in [0.15, 0.2) is 60.7 Å². The maximum absolute atomic E-state index is 12.9. The molecule has 2 aliphatic rings. The molecule has 158 valence electrons. The molecule has 1 saturated heterocycles. The summed E-state index contributed by atoms with van der Waals surface area (Å²) in [6, 6.07) is 19.3. The van der Waals surface area contributed by atoms with Crippen molar-refractivity contribution in [3.63, 3.8) is 0 Å². The highest BCUT2D eigenvalue weighted by atomic mass is 16.2. The summed E-state index contributed by atoms with van der Waals surface area (Å²) in [4.78, 5) is 27.8. The van der Waals surface area contributed by atoms with E-state index in [0.29, 0.717) is 11.3 Å². The minimum absolute atomic E-state index is 0.0671. The number of hydrogen-bond donors (Lipinski definition) is 3. The topological polar surface area (TPSA) is 73.5 Å². The summed E-state index contributed by atoms with van der Waals surface area (Å²) >= 11 is 0. The molecule has 0 aromatic heterocycles. The maximum atomic E-state index is 12.9. The number of rotatable bonds is 5. The van der Waals surface area contributed by atoms with Crippen LogP contribution in [0.3, 0.4) is 0 Å². The largest absolute Gasteiger partial charge is 0.371 e. The molecular formula is C25H26N4O2. The molecule has 5 rings (SSSR count). The summed E-state index contributed by atoms with van der Waals surface area (Å²) in [5, 5.41) is 10.9. The SMILES string of the molecule is O=C(Nc1ccc(N2CCCC2)c(C(=O)NC2CC2)c1)Nc1cccc2ccccc12. The van der Waals surface area contributed by atoms with Crippen molar-refractivity contribution >= 4 is 39.8 Å². The average Bonchev–Trinajstić information content (AvgIpc) is 3.42. The van der Waals surface area contributed by atoms with Crippen LogP contribution in [0.2, 0.25) is 0 Å². The van der Waals surface area contributed by atoms with Crippen LogP contribution >= 0.6 is 0 Å². The average molecular weight is 415 g/mol. The molecule has 3 amide bonds. The van der Waals surface area contributed by atoms with Crippen LogP contribution in [0.4, 0.5) is 21.9 Å².